The van der Waals surface area contributed by atoms with Gasteiger partial charge in [-0.15, -0.1) is 0 Å². The molecular formula is C9H16N2O. The van der Waals surface area contributed by atoms with Crippen molar-refractivity contribution in [2.45, 2.75) is 26.3 Å². The number of ether oxygens (including phenoxy) is 1. The van der Waals surface area contributed by atoms with Crippen LogP contribution in [0.4, 0.5) is 0 Å². The third-order valence-corrected chi connectivity index (χ3v) is 1.92. The molecule has 3 heteroatoms. The Labute approximate surface area is 73.4 Å². The largest absolute Gasteiger partial charge is 0.385 e. The summed E-state index contributed by atoms with van der Waals surface area (Å²) in [7, 11) is 1.74. The van der Waals surface area contributed by atoms with Gasteiger partial charge in [0.2, 0.25) is 0 Å². The van der Waals surface area contributed by atoms with Gasteiger partial charge in [-0.05, 0) is 19.8 Å². The summed E-state index contributed by atoms with van der Waals surface area (Å²) in [6.45, 7) is 3.93. The maximum Gasteiger partial charge on any atom is 0.105 e. The number of aromatic nitrogens is 2. The Balaban J connectivity index is 2.20. The molecule has 0 aromatic carbocycles. The van der Waals surface area contributed by atoms with Crippen LogP contribution in [0.3, 0.4) is 0 Å². The van der Waals surface area contributed by atoms with E-state index in [1.54, 1.807) is 7.11 Å². The maximum atomic E-state index is 4.97. The summed E-state index contributed by atoms with van der Waals surface area (Å²) < 4.78 is 7.13. The van der Waals surface area contributed by atoms with Crippen LogP contribution in [0.15, 0.2) is 12.4 Å². The maximum absolute atomic E-state index is 4.97. The zero-order valence-electron chi connectivity index (χ0n) is 7.79. The highest BCUT2D eigenvalue weighted by atomic mass is 16.5. The molecule has 0 fully saturated rings. The second-order valence-electron chi connectivity index (χ2n) is 2.87. The van der Waals surface area contributed by atoms with Crippen LogP contribution in [0, 0.1) is 6.92 Å². The number of imidazole rings is 1. The Hall–Kier alpha value is -0.830. The Morgan fingerprint density at radius 2 is 2.33 bits per heavy atom. The molecule has 1 aromatic heterocycles. The molecule has 0 bridgehead atoms. The highest BCUT2D eigenvalue weighted by Crippen LogP contribution is 1.99. The van der Waals surface area contributed by atoms with E-state index >= 15 is 0 Å². The van der Waals surface area contributed by atoms with E-state index in [0.29, 0.717) is 0 Å². The van der Waals surface area contributed by atoms with Crippen LogP contribution >= 0.6 is 0 Å². The molecule has 1 heterocycles. The molecule has 3 nitrogen and oxygen atoms in total. The van der Waals surface area contributed by atoms with Crippen LogP contribution < -0.4 is 0 Å². The first-order valence-electron chi connectivity index (χ1n) is 4.31. The van der Waals surface area contributed by atoms with Crippen LogP contribution in [0.25, 0.3) is 0 Å². The zero-order chi connectivity index (χ0) is 8.81. The van der Waals surface area contributed by atoms with Gasteiger partial charge < -0.3 is 9.30 Å². The topological polar surface area (TPSA) is 27.1 Å². The lowest BCUT2D eigenvalue weighted by Gasteiger charge is -2.03. The highest BCUT2D eigenvalue weighted by molar-refractivity contribution is 4.87. The second kappa shape index (κ2) is 4.93. The number of hydrogen-bond donors (Lipinski definition) is 0. The minimum atomic E-state index is 0.855. The first kappa shape index (κ1) is 9.26. The smallest absolute Gasteiger partial charge is 0.105 e. The van der Waals surface area contributed by atoms with Crippen molar-refractivity contribution in [1.29, 1.82) is 0 Å². The van der Waals surface area contributed by atoms with E-state index in [1.807, 2.05) is 19.3 Å². The van der Waals surface area contributed by atoms with E-state index in [0.717, 1.165) is 31.8 Å². The summed E-state index contributed by atoms with van der Waals surface area (Å²) in [4.78, 5) is 4.15. The Bertz CT molecular complexity index is 220. The average Bonchev–Trinajstić information content (AvgIpc) is 2.46. The predicted molar refractivity (Wildman–Crippen MR) is 48.1 cm³/mol. The van der Waals surface area contributed by atoms with Gasteiger partial charge in [0.25, 0.3) is 0 Å². The number of aryl methyl sites for hydroxylation is 2. The van der Waals surface area contributed by atoms with Crippen molar-refractivity contribution in [3.05, 3.63) is 18.2 Å². The van der Waals surface area contributed by atoms with Gasteiger partial charge in [-0.25, -0.2) is 4.98 Å². The number of hydrogen-bond acceptors (Lipinski definition) is 2. The molecule has 0 saturated carbocycles. The fourth-order valence-electron chi connectivity index (χ4n) is 1.17. The molecule has 0 aliphatic carbocycles. The van der Waals surface area contributed by atoms with Gasteiger partial charge >= 0.3 is 0 Å². The summed E-state index contributed by atoms with van der Waals surface area (Å²) in [5.74, 6) is 1.09. The van der Waals surface area contributed by atoms with E-state index in [2.05, 4.69) is 9.55 Å². The summed E-state index contributed by atoms with van der Waals surface area (Å²) in [5.41, 5.74) is 0. The van der Waals surface area contributed by atoms with Crippen molar-refractivity contribution >= 4 is 0 Å². The highest BCUT2D eigenvalue weighted by Gasteiger charge is 1.95. The quantitative estimate of drug-likeness (QED) is 0.625. The Kier molecular flexibility index (Phi) is 3.80. The molecule has 0 amide bonds. The predicted octanol–water partition coefficient (Wildman–Crippen LogP) is 1.62. The van der Waals surface area contributed by atoms with Gasteiger partial charge in [-0.3, -0.25) is 0 Å². The van der Waals surface area contributed by atoms with E-state index in [-0.39, 0.29) is 0 Å². The molecule has 0 atom stereocenters. The van der Waals surface area contributed by atoms with Crippen molar-refractivity contribution in [2.75, 3.05) is 13.7 Å². The van der Waals surface area contributed by atoms with Crippen molar-refractivity contribution in [3.8, 4) is 0 Å². The third kappa shape index (κ3) is 2.66. The lowest BCUT2D eigenvalue weighted by atomic mass is 10.3. The number of nitrogens with zero attached hydrogens (tertiary/aromatic N) is 2. The van der Waals surface area contributed by atoms with E-state index in [4.69, 9.17) is 4.74 Å². The fourth-order valence-corrected chi connectivity index (χ4v) is 1.17. The van der Waals surface area contributed by atoms with Crippen LogP contribution in [0.2, 0.25) is 0 Å². The van der Waals surface area contributed by atoms with E-state index in [1.165, 1.54) is 0 Å². The van der Waals surface area contributed by atoms with E-state index in [9.17, 15) is 0 Å². The minimum Gasteiger partial charge on any atom is -0.385 e. The molecule has 1 rings (SSSR count). The molecule has 0 saturated heterocycles. The second-order valence-corrected chi connectivity index (χ2v) is 2.87. The SMILES string of the molecule is COCCCCn1ccnc1C. The monoisotopic (exact) mass is 168 g/mol. The van der Waals surface area contributed by atoms with Gasteiger partial charge in [-0.1, -0.05) is 0 Å². The average molecular weight is 168 g/mol. The van der Waals surface area contributed by atoms with Crippen molar-refractivity contribution in [3.63, 3.8) is 0 Å². The molecule has 12 heavy (non-hydrogen) atoms. The molecule has 0 aliphatic heterocycles. The number of unbranched alkanes of at least 4 members (excludes halogenated alkanes) is 1. The van der Waals surface area contributed by atoms with Gasteiger partial charge in [0.05, 0.1) is 0 Å². The molecule has 0 N–H and O–H groups in total. The molecule has 1 aromatic rings. The van der Waals surface area contributed by atoms with Crippen LogP contribution in [-0.4, -0.2) is 23.3 Å². The van der Waals surface area contributed by atoms with Gasteiger partial charge in [0, 0.05) is 32.7 Å². The number of methoxy groups -OCH3 is 1. The van der Waals surface area contributed by atoms with Gasteiger partial charge in [0.15, 0.2) is 0 Å². The summed E-state index contributed by atoms with van der Waals surface area (Å²) >= 11 is 0. The lowest BCUT2D eigenvalue weighted by molar-refractivity contribution is 0.191. The first-order valence-corrected chi connectivity index (χ1v) is 4.31. The van der Waals surface area contributed by atoms with Crippen LogP contribution in [0.5, 0.6) is 0 Å². The molecular weight excluding hydrogens is 152 g/mol. The molecule has 68 valence electrons. The van der Waals surface area contributed by atoms with Crippen molar-refractivity contribution in [2.24, 2.45) is 0 Å². The van der Waals surface area contributed by atoms with Crippen molar-refractivity contribution in [1.82, 2.24) is 9.55 Å². The van der Waals surface area contributed by atoms with Crippen LogP contribution in [0.1, 0.15) is 18.7 Å². The lowest BCUT2D eigenvalue weighted by Crippen LogP contribution is -2.00. The normalized spacial score (nSPS) is 10.5. The van der Waals surface area contributed by atoms with Crippen LogP contribution in [-0.2, 0) is 11.3 Å². The Morgan fingerprint density at radius 1 is 1.50 bits per heavy atom. The molecule has 0 spiro atoms. The van der Waals surface area contributed by atoms with Crippen molar-refractivity contribution < 1.29 is 4.74 Å². The molecule has 0 unspecified atom stereocenters. The fraction of sp³-hybridized carbons (Fsp3) is 0.667. The van der Waals surface area contributed by atoms with Gasteiger partial charge in [-0.2, -0.15) is 0 Å². The molecule has 0 radical (unpaired) electrons. The van der Waals surface area contributed by atoms with E-state index < -0.39 is 0 Å². The summed E-state index contributed by atoms with van der Waals surface area (Å²) in [5, 5.41) is 0. The summed E-state index contributed by atoms with van der Waals surface area (Å²) in [6.07, 6.45) is 6.13. The molecule has 0 aliphatic rings. The summed E-state index contributed by atoms with van der Waals surface area (Å²) in [6, 6.07) is 0. The zero-order valence-corrected chi connectivity index (χ0v) is 7.79. The standard InChI is InChI=1S/C9H16N2O/c1-9-10-5-7-11(9)6-3-4-8-12-2/h5,7H,3-4,6,8H2,1-2H3. The Morgan fingerprint density at radius 3 is 2.92 bits per heavy atom. The minimum absolute atomic E-state index is 0.855. The third-order valence-electron chi connectivity index (χ3n) is 1.92. The number of rotatable bonds is 5. The first-order chi connectivity index (χ1) is 5.84. The van der Waals surface area contributed by atoms with Gasteiger partial charge in [0.1, 0.15) is 5.82 Å².